The van der Waals surface area contributed by atoms with E-state index in [0.717, 1.165) is 25.0 Å². The summed E-state index contributed by atoms with van der Waals surface area (Å²) in [5.74, 6) is -2.56. The van der Waals surface area contributed by atoms with E-state index >= 15 is 0 Å². The van der Waals surface area contributed by atoms with E-state index in [2.05, 4.69) is 4.74 Å². The summed E-state index contributed by atoms with van der Waals surface area (Å²) in [6, 6.07) is -0.657. The number of primary amides is 1. The lowest BCUT2D eigenvalue weighted by Gasteiger charge is -2.33. The molecule has 0 spiro atoms. The van der Waals surface area contributed by atoms with Gasteiger partial charge in [-0.1, -0.05) is 0 Å². The summed E-state index contributed by atoms with van der Waals surface area (Å²) in [5.41, 5.74) is 5.26. The van der Waals surface area contributed by atoms with Gasteiger partial charge in [-0.25, -0.2) is 9.59 Å². The van der Waals surface area contributed by atoms with E-state index in [4.69, 9.17) is 10.5 Å². The van der Waals surface area contributed by atoms with Gasteiger partial charge in [0.1, 0.15) is 6.04 Å². The maximum atomic E-state index is 12.0. The van der Waals surface area contributed by atoms with Crippen molar-refractivity contribution in [3.05, 3.63) is 12.2 Å². The zero-order valence-electron chi connectivity index (χ0n) is 12.4. The van der Waals surface area contributed by atoms with Crippen molar-refractivity contribution >= 4 is 23.8 Å². The summed E-state index contributed by atoms with van der Waals surface area (Å²) in [6.07, 6.45) is 3.90. The number of hydrogen-bond acceptors (Lipinski definition) is 6. The molecule has 1 atom stereocenters. The Morgan fingerprint density at radius 3 is 2.36 bits per heavy atom. The molecule has 0 aromatic carbocycles. The van der Waals surface area contributed by atoms with Gasteiger partial charge in [0.2, 0.25) is 5.91 Å². The molecule has 2 N–H and O–H groups in total. The number of piperidine rings is 1. The van der Waals surface area contributed by atoms with Crippen LogP contribution in [0.2, 0.25) is 0 Å². The topological polar surface area (TPSA) is 116 Å². The van der Waals surface area contributed by atoms with Crippen molar-refractivity contribution in [3.63, 3.8) is 0 Å². The Morgan fingerprint density at radius 2 is 1.77 bits per heavy atom. The summed E-state index contributed by atoms with van der Waals surface area (Å²) < 4.78 is 9.33. The Kier molecular flexibility index (Phi) is 7.07. The van der Waals surface area contributed by atoms with Crippen LogP contribution in [0.5, 0.6) is 0 Å². The first-order valence-corrected chi connectivity index (χ1v) is 7.06. The quantitative estimate of drug-likeness (QED) is 0.523. The summed E-state index contributed by atoms with van der Waals surface area (Å²) in [6.45, 7) is 1.73. The molecule has 8 heteroatoms. The van der Waals surface area contributed by atoms with Crippen LogP contribution in [-0.4, -0.2) is 54.5 Å². The fourth-order valence-electron chi connectivity index (χ4n) is 2.12. The molecule has 1 fully saturated rings. The average Bonchev–Trinajstić information content (AvgIpc) is 2.50. The minimum atomic E-state index is -0.839. The van der Waals surface area contributed by atoms with Crippen molar-refractivity contribution in [2.45, 2.75) is 32.2 Å². The van der Waals surface area contributed by atoms with Crippen LogP contribution in [0, 0.1) is 0 Å². The van der Waals surface area contributed by atoms with E-state index in [-0.39, 0.29) is 6.61 Å². The van der Waals surface area contributed by atoms with Crippen LogP contribution in [0.25, 0.3) is 0 Å². The standard InChI is InChI=1S/C14H20N2O6/c1-2-21-12(18)6-7-13(19)22-9-11(17)16-8-4-3-5-10(16)14(15)20/h6-7,10H,2-5,8-9H2,1H3,(H2,15,20)/b7-6+/t10-/m1/s1. The summed E-state index contributed by atoms with van der Waals surface area (Å²) in [7, 11) is 0. The number of rotatable bonds is 6. The fourth-order valence-corrected chi connectivity index (χ4v) is 2.12. The van der Waals surface area contributed by atoms with Gasteiger partial charge in [-0.2, -0.15) is 0 Å². The first kappa shape index (κ1) is 17.7. The molecular formula is C14H20N2O6. The fraction of sp³-hybridized carbons (Fsp3) is 0.571. The van der Waals surface area contributed by atoms with Crippen LogP contribution < -0.4 is 5.73 Å². The molecule has 122 valence electrons. The Morgan fingerprint density at radius 1 is 1.14 bits per heavy atom. The highest BCUT2D eigenvalue weighted by Crippen LogP contribution is 2.16. The molecule has 0 bridgehead atoms. The lowest BCUT2D eigenvalue weighted by atomic mass is 10.0. The number of nitrogens with zero attached hydrogens (tertiary/aromatic N) is 1. The Labute approximate surface area is 128 Å². The predicted molar refractivity (Wildman–Crippen MR) is 75.3 cm³/mol. The van der Waals surface area contributed by atoms with Gasteiger partial charge in [0.15, 0.2) is 6.61 Å². The van der Waals surface area contributed by atoms with Gasteiger partial charge in [0.25, 0.3) is 5.91 Å². The number of carbonyl (C=O) groups excluding carboxylic acids is 4. The van der Waals surface area contributed by atoms with Gasteiger partial charge in [0.05, 0.1) is 6.61 Å². The molecule has 0 aromatic heterocycles. The van der Waals surface area contributed by atoms with Gasteiger partial charge in [-0.3, -0.25) is 9.59 Å². The van der Waals surface area contributed by atoms with Crippen LogP contribution >= 0.6 is 0 Å². The molecule has 0 saturated carbocycles. The lowest BCUT2D eigenvalue weighted by molar-refractivity contribution is -0.151. The Bertz CT molecular complexity index is 474. The average molecular weight is 312 g/mol. The second-order valence-electron chi connectivity index (χ2n) is 4.69. The van der Waals surface area contributed by atoms with Crippen molar-refractivity contribution in [2.24, 2.45) is 5.73 Å². The molecule has 1 saturated heterocycles. The molecule has 2 amide bonds. The summed E-state index contributed by atoms with van der Waals surface area (Å²) >= 11 is 0. The van der Waals surface area contributed by atoms with Crippen LogP contribution in [-0.2, 0) is 28.7 Å². The smallest absolute Gasteiger partial charge is 0.331 e. The number of esters is 2. The molecule has 1 rings (SSSR count). The van der Waals surface area contributed by atoms with Crippen molar-refractivity contribution in [3.8, 4) is 0 Å². The highest BCUT2D eigenvalue weighted by molar-refractivity contribution is 5.93. The molecule has 0 unspecified atom stereocenters. The van der Waals surface area contributed by atoms with E-state index in [1.807, 2.05) is 0 Å². The van der Waals surface area contributed by atoms with Gasteiger partial charge in [-0.05, 0) is 26.2 Å². The molecule has 1 aliphatic rings. The molecule has 0 aliphatic carbocycles. The first-order valence-electron chi connectivity index (χ1n) is 7.06. The molecular weight excluding hydrogens is 292 g/mol. The van der Waals surface area contributed by atoms with Crippen LogP contribution in [0.1, 0.15) is 26.2 Å². The number of hydrogen-bond donors (Lipinski definition) is 1. The number of ether oxygens (including phenoxy) is 2. The van der Waals surface area contributed by atoms with E-state index < -0.39 is 36.4 Å². The second kappa shape index (κ2) is 8.81. The maximum Gasteiger partial charge on any atom is 0.331 e. The number of nitrogens with two attached hydrogens (primary N) is 1. The monoisotopic (exact) mass is 312 g/mol. The second-order valence-corrected chi connectivity index (χ2v) is 4.69. The number of carbonyl (C=O) groups is 4. The SMILES string of the molecule is CCOC(=O)/C=C/C(=O)OCC(=O)N1CCCC[C@@H]1C(N)=O. The lowest BCUT2D eigenvalue weighted by Crippen LogP contribution is -2.51. The minimum Gasteiger partial charge on any atom is -0.463 e. The zero-order valence-corrected chi connectivity index (χ0v) is 12.4. The highest BCUT2D eigenvalue weighted by Gasteiger charge is 2.30. The van der Waals surface area contributed by atoms with Gasteiger partial charge in [-0.15, -0.1) is 0 Å². The molecule has 1 aliphatic heterocycles. The predicted octanol–water partition coefficient (Wildman–Crippen LogP) is -0.485. The van der Waals surface area contributed by atoms with Gasteiger partial charge in [0, 0.05) is 18.7 Å². The molecule has 0 aromatic rings. The van der Waals surface area contributed by atoms with Crippen LogP contribution in [0.3, 0.4) is 0 Å². The highest BCUT2D eigenvalue weighted by atomic mass is 16.5. The number of amides is 2. The van der Waals surface area contributed by atoms with E-state index in [1.165, 1.54) is 4.90 Å². The molecule has 0 radical (unpaired) electrons. The summed E-state index contributed by atoms with van der Waals surface area (Å²) in [5, 5.41) is 0. The largest absolute Gasteiger partial charge is 0.463 e. The van der Waals surface area contributed by atoms with E-state index in [9.17, 15) is 19.2 Å². The van der Waals surface area contributed by atoms with E-state index in [0.29, 0.717) is 13.0 Å². The van der Waals surface area contributed by atoms with Crippen molar-refractivity contribution in [2.75, 3.05) is 19.8 Å². The van der Waals surface area contributed by atoms with Crippen molar-refractivity contribution in [1.29, 1.82) is 0 Å². The first-order chi connectivity index (χ1) is 10.5. The number of likely N-dealkylation sites (tertiary alicyclic amines) is 1. The van der Waals surface area contributed by atoms with E-state index in [1.54, 1.807) is 6.92 Å². The third-order valence-electron chi connectivity index (χ3n) is 3.13. The van der Waals surface area contributed by atoms with Crippen molar-refractivity contribution in [1.82, 2.24) is 4.90 Å². The molecule has 8 nitrogen and oxygen atoms in total. The minimum absolute atomic E-state index is 0.195. The molecule has 1 heterocycles. The Hall–Kier alpha value is -2.38. The Balaban J connectivity index is 2.45. The third-order valence-corrected chi connectivity index (χ3v) is 3.13. The summed E-state index contributed by atoms with van der Waals surface area (Å²) in [4.78, 5) is 47.0. The van der Waals surface area contributed by atoms with Crippen LogP contribution in [0.4, 0.5) is 0 Å². The molecule has 22 heavy (non-hydrogen) atoms. The third kappa shape index (κ3) is 5.55. The van der Waals surface area contributed by atoms with Crippen molar-refractivity contribution < 1.29 is 28.7 Å². The normalized spacial score (nSPS) is 18.0. The zero-order chi connectivity index (χ0) is 16.5. The maximum absolute atomic E-state index is 12.0. The van der Waals surface area contributed by atoms with Crippen LogP contribution in [0.15, 0.2) is 12.2 Å². The van der Waals surface area contributed by atoms with Gasteiger partial charge >= 0.3 is 11.9 Å². The van der Waals surface area contributed by atoms with Gasteiger partial charge < -0.3 is 20.1 Å².